The Morgan fingerprint density at radius 1 is 1.26 bits per heavy atom. The van der Waals surface area contributed by atoms with Gasteiger partial charge >= 0.3 is 6.09 Å². The fourth-order valence-corrected chi connectivity index (χ4v) is 2.26. The molecule has 19 heavy (non-hydrogen) atoms. The molecule has 2 fully saturated rings. The average Bonchev–Trinajstić information content (AvgIpc) is 3.12. The number of rotatable bonds is 4. The monoisotopic (exact) mass is 270 g/mol. The molecule has 2 saturated heterocycles. The quantitative estimate of drug-likeness (QED) is 0.730. The molecule has 5 nitrogen and oxygen atoms in total. The van der Waals surface area contributed by atoms with E-state index in [1.54, 1.807) is 0 Å². The highest BCUT2D eigenvalue weighted by Crippen LogP contribution is 2.16. The second kappa shape index (κ2) is 6.09. The molecule has 0 bridgehead atoms. The maximum Gasteiger partial charge on any atom is 0.410 e. The topological polar surface area (TPSA) is 45.3 Å². The van der Waals surface area contributed by atoms with E-state index in [1.807, 2.05) is 25.7 Å². The molecular weight excluding hydrogens is 244 g/mol. The largest absolute Gasteiger partial charge is 0.444 e. The molecule has 5 heteroatoms. The summed E-state index contributed by atoms with van der Waals surface area (Å²) in [6.07, 6.45) is 2.71. The Labute approximate surface area is 115 Å². The fraction of sp³-hybridized carbons (Fsp3) is 0.929. The summed E-state index contributed by atoms with van der Waals surface area (Å²) in [7, 11) is 0. The van der Waals surface area contributed by atoms with E-state index in [0.717, 1.165) is 39.3 Å². The van der Waals surface area contributed by atoms with E-state index >= 15 is 0 Å². The van der Waals surface area contributed by atoms with Gasteiger partial charge in [-0.25, -0.2) is 4.79 Å². The molecule has 2 heterocycles. The second-order valence-electron chi connectivity index (χ2n) is 6.41. The first-order chi connectivity index (χ1) is 8.94. The minimum Gasteiger partial charge on any atom is -0.444 e. The third kappa shape index (κ3) is 5.37. The van der Waals surface area contributed by atoms with Crippen LogP contribution in [0, 0.1) is 0 Å². The van der Waals surface area contributed by atoms with Gasteiger partial charge in [-0.3, -0.25) is 4.90 Å². The van der Waals surface area contributed by atoms with Gasteiger partial charge < -0.3 is 14.4 Å². The van der Waals surface area contributed by atoms with Crippen LogP contribution in [0.25, 0.3) is 0 Å². The molecule has 0 aromatic carbocycles. The van der Waals surface area contributed by atoms with Gasteiger partial charge in [-0.15, -0.1) is 0 Å². The maximum absolute atomic E-state index is 11.9. The molecule has 1 unspecified atom stereocenters. The SMILES string of the molecule is CC(C)(C)OC(=O)N1CCN(CCCC2CO2)CC1. The van der Waals surface area contributed by atoms with Crippen molar-refractivity contribution >= 4 is 6.09 Å². The Kier molecular flexibility index (Phi) is 4.68. The molecule has 2 rings (SSSR count). The molecule has 110 valence electrons. The smallest absolute Gasteiger partial charge is 0.410 e. The molecule has 0 spiro atoms. The predicted octanol–water partition coefficient (Wildman–Crippen LogP) is 1.72. The van der Waals surface area contributed by atoms with Crippen LogP contribution in [0.4, 0.5) is 4.79 Å². The Morgan fingerprint density at radius 3 is 2.42 bits per heavy atom. The van der Waals surface area contributed by atoms with Crippen LogP contribution in [-0.4, -0.2) is 66.9 Å². The Bertz CT molecular complexity index is 302. The number of ether oxygens (including phenoxy) is 2. The highest BCUT2D eigenvalue weighted by atomic mass is 16.6. The first-order valence-corrected chi connectivity index (χ1v) is 7.26. The van der Waals surface area contributed by atoms with Crippen molar-refractivity contribution in [3.05, 3.63) is 0 Å². The predicted molar refractivity (Wildman–Crippen MR) is 73.2 cm³/mol. The van der Waals surface area contributed by atoms with Crippen molar-refractivity contribution in [2.75, 3.05) is 39.3 Å². The lowest BCUT2D eigenvalue weighted by Gasteiger charge is -2.35. The fourth-order valence-electron chi connectivity index (χ4n) is 2.26. The minimum absolute atomic E-state index is 0.182. The summed E-state index contributed by atoms with van der Waals surface area (Å²) in [5, 5.41) is 0. The summed E-state index contributed by atoms with van der Waals surface area (Å²) in [5.41, 5.74) is -0.404. The van der Waals surface area contributed by atoms with Gasteiger partial charge in [0.05, 0.1) is 12.7 Å². The van der Waals surface area contributed by atoms with Gasteiger partial charge in [-0.2, -0.15) is 0 Å². The molecule has 0 aliphatic carbocycles. The third-order valence-electron chi connectivity index (χ3n) is 3.43. The zero-order valence-corrected chi connectivity index (χ0v) is 12.4. The highest BCUT2D eigenvalue weighted by molar-refractivity contribution is 5.68. The summed E-state index contributed by atoms with van der Waals surface area (Å²) in [6.45, 7) is 11.2. The lowest BCUT2D eigenvalue weighted by Crippen LogP contribution is -2.50. The molecule has 0 aromatic rings. The number of nitrogens with zero attached hydrogens (tertiary/aromatic N) is 2. The average molecular weight is 270 g/mol. The van der Waals surface area contributed by atoms with Gasteiger partial charge in [0.1, 0.15) is 5.60 Å². The molecule has 1 atom stereocenters. The van der Waals surface area contributed by atoms with Crippen LogP contribution in [0.1, 0.15) is 33.6 Å². The van der Waals surface area contributed by atoms with Crippen LogP contribution in [0.2, 0.25) is 0 Å². The number of hydrogen-bond acceptors (Lipinski definition) is 4. The zero-order chi connectivity index (χ0) is 13.9. The van der Waals surface area contributed by atoms with Crippen molar-refractivity contribution in [1.82, 2.24) is 9.80 Å². The van der Waals surface area contributed by atoms with Crippen molar-refractivity contribution in [1.29, 1.82) is 0 Å². The molecule has 0 saturated carbocycles. The number of piperazine rings is 1. The molecule has 1 amide bonds. The van der Waals surface area contributed by atoms with Crippen molar-refractivity contribution in [3.8, 4) is 0 Å². The van der Waals surface area contributed by atoms with Crippen molar-refractivity contribution < 1.29 is 14.3 Å². The van der Waals surface area contributed by atoms with E-state index in [1.165, 1.54) is 12.8 Å². The van der Waals surface area contributed by atoms with Crippen molar-refractivity contribution in [3.63, 3.8) is 0 Å². The summed E-state index contributed by atoms with van der Waals surface area (Å²) < 4.78 is 10.6. The van der Waals surface area contributed by atoms with Gasteiger partial charge in [0, 0.05) is 26.2 Å². The molecule has 2 aliphatic rings. The number of amides is 1. The Hall–Kier alpha value is -0.810. The summed E-state index contributed by atoms with van der Waals surface area (Å²) in [4.78, 5) is 16.1. The van der Waals surface area contributed by atoms with Gasteiger partial charge in [0.15, 0.2) is 0 Å². The summed E-state index contributed by atoms with van der Waals surface area (Å²) >= 11 is 0. The van der Waals surface area contributed by atoms with E-state index in [4.69, 9.17) is 9.47 Å². The van der Waals surface area contributed by atoms with E-state index in [2.05, 4.69) is 4.90 Å². The van der Waals surface area contributed by atoms with E-state index in [9.17, 15) is 4.79 Å². The van der Waals surface area contributed by atoms with Crippen LogP contribution in [-0.2, 0) is 9.47 Å². The summed E-state index contributed by atoms with van der Waals surface area (Å²) in [6, 6.07) is 0. The first-order valence-electron chi connectivity index (χ1n) is 7.26. The van der Waals surface area contributed by atoms with E-state index in [0.29, 0.717) is 6.10 Å². The number of hydrogen-bond donors (Lipinski definition) is 0. The van der Waals surface area contributed by atoms with Crippen LogP contribution in [0.15, 0.2) is 0 Å². The van der Waals surface area contributed by atoms with E-state index in [-0.39, 0.29) is 6.09 Å². The van der Waals surface area contributed by atoms with E-state index < -0.39 is 5.60 Å². The normalized spacial score (nSPS) is 24.4. The van der Waals surface area contributed by atoms with Crippen LogP contribution >= 0.6 is 0 Å². The molecular formula is C14H26N2O3. The minimum atomic E-state index is -0.404. The standard InChI is InChI=1S/C14H26N2O3/c1-14(2,3)19-13(17)16-9-7-15(8-10-16)6-4-5-12-11-18-12/h12H,4-11H2,1-3H3. The molecule has 0 radical (unpaired) electrons. The Balaban J connectivity index is 1.62. The Morgan fingerprint density at radius 2 is 1.89 bits per heavy atom. The molecule has 0 aromatic heterocycles. The lowest BCUT2D eigenvalue weighted by molar-refractivity contribution is 0.0144. The van der Waals surface area contributed by atoms with Crippen molar-refractivity contribution in [2.24, 2.45) is 0 Å². The number of epoxide rings is 1. The second-order valence-corrected chi connectivity index (χ2v) is 6.41. The van der Waals surface area contributed by atoms with Gasteiger partial charge in [0.25, 0.3) is 0 Å². The zero-order valence-electron chi connectivity index (χ0n) is 12.4. The van der Waals surface area contributed by atoms with Gasteiger partial charge in [-0.05, 0) is 40.2 Å². The van der Waals surface area contributed by atoms with Crippen LogP contribution in [0.5, 0.6) is 0 Å². The lowest BCUT2D eigenvalue weighted by atomic mass is 10.2. The molecule has 0 N–H and O–H groups in total. The summed E-state index contributed by atoms with van der Waals surface area (Å²) in [5.74, 6) is 0. The number of carbonyl (C=O) groups is 1. The first kappa shape index (κ1) is 14.6. The molecule has 2 aliphatic heterocycles. The van der Waals surface area contributed by atoms with Crippen molar-refractivity contribution in [2.45, 2.75) is 45.3 Å². The van der Waals surface area contributed by atoms with Crippen LogP contribution in [0.3, 0.4) is 0 Å². The van der Waals surface area contributed by atoms with Gasteiger partial charge in [0.2, 0.25) is 0 Å². The maximum atomic E-state index is 11.9. The highest BCUT2D eigenvalue weighted by Gasteiger charge is 2.26. The van der Waals surface area contributed by atoms with Gasteiger partial charge in [-0.1, -0.05) is 0 Å². The number of carbonyl (C=O) groups excluding carboxylic acids is 1. The van der Waals surface area contributed by atoms with Crippen LogP contribution < -0.4 is 0 Å². The third-order valence-corrected chi connectivity index (χ3v) is 3.43.